The quantitative estimate of drug-likeness (QED) is 0.507. The lowest BCUT2D eigenvalue weighted by molar-refractivity contribution is -0.135. The normalized spacial score (nSPS) is 22.2. The molecule has 1 amide bonds. The molecule has 9 nitrogen and oxygen atoms in total. The molecule has 0 aromatic heterocycles. The van der Waals surface area contributed by atoms with Gasteiger partial charge >= 0.3 is 5.97 Å². The van der Waals surface area contributed by atoms with Crippen molar-refractivity contribution in [3.05, 3.63) is 52.8 Å². The largest absolute Gasteiger partial charge is 0.492 e. The second-order valence-electron chi connectivity index (χ2n) is 10.1. The van der Waals surface area contributed by atoms with E-state index in [0.717, 1.165) is 50.0 Å². The number of carbonyl (C=O) groups excluding carboxylic acids is 2. The van der Waals surface area contributed by atoms with Gasteiger partial charge in [-0.3, -0.25) is 14.4 Å². The molecule has 2 fully saturated rings. The number of likely N-dealkylation sites (tertiary alicyclic amines) is 1. The number of anilines is 1. The number of esters is 1. The molecule has 2 aliphatic heterocycles. The smallest absolute Gasteiger partial charge is 0.343 e. The lowest BCUT2D eigenvalue weighted by atomic mass is 10.0. The van der Waals surface area contributed by atoms with Crippen molar-refractivity contribution >= 4 is 27.6 Å². The molecule has 2 aromatic carbocycles. The van der Waals surface area contributed by atoms with Crippen molar-refractivity contribution in [3.63, 3.8) is 0 Å². The van der Waals surface area contributed by atoms with Crippen LogP contribution in [-0.2, 0) is 26.1 Å². The molecule has 2 heterocycles. The first-order valence-electron chi connectivity index (χ1n) is 12.8. The van der Waals surface area contributed by atoms with Gasteiger partial charge in [-0.25, -0.2) is 17.6 Å². The van der Waals surface area contributed by atoms with E-state index < -0.39 is 21.8 Å². The van der Waals surface area contributed by atoms with Gasteiger partial charge in [0.15, 0.2) is 0 Å². The number of amides is 1. The highest BCUT2D eigenvalue weighted by Crippen LogP contribution is 2.55. The van der Waals surface area contributed by atoms with Gasteiger partial charge in [0, 0.05) is 19.5 Å². The van der Waals surface area contributed by atoms with Crippen molar-refractivity contribution in [2.75, 3.05) is 38.6 Å². The van der Waals surface area contributed by atoms with Crippen LogP contribution in [0.3, 0.4) is 0 Å². The SMILES string of the molecule is CCN1CCC[C@H]1C(=O)N(C)Cc1cc(F)ccc1S(=O)(=O)Nc1ccc2c(c1C(=O)OC)OCC1CC21. The van der Waals surface area contributed by atoms with Gasteiger partial charge < -0.3 is 14.4 Å². The highest BCUT2D eigenvalue weighted by atomic mass is 32.2. The molecule has 3 atom stereocenters. The zero-order valence-corrected chi connectivity index (χ0v) is 22.5. The van der Waals surface area contributed by atoms with E-state index in [-0.39, 0.29) is 46.1 Å². The Balaban J connectivity index is 1.45. The molecule has 0 radical (unpaired) electrons. The van der Waals surface area contributed by atoms with Crippen LogP contribution >= 0.6 is 0 Å². The van der Waals surface area contributed by atoms with E-state index >= 15 is 0 Å². The number of sulfonamides is 1. The van der Waals surface area contributed by atoms with E-state index in [1.807, 2.05) is 6.92 Å². The number of halogens is 1. The van der Waals surface area contributed by atoms with Gasteiger partial charge in [0.25, 0.3) is 10.0 Å². The Morgan fingerprint density at radius 1 is 1.26 bits per heavy atom. The molecule has 0 bridgehead atoms. The third-order valence-corrected chi connectivity index (χ3v) is 9.20. The van der Waals surface area contributed by atoms with E-state index in [1.165, 1.54) is 24.1 Å². The first kappa shape index (κ1) is 26.4. The van der Waals surface area contributed by atoms with Crippen LogP contribution in [0.2, 0.25) is 0 Å². The van der Waals surface area contributed by atoms with Crippen molar-refractivity contribution in [2.45, 2.75) is 49.6 Å². The summed E-state index contributed by atoms with van der Waals surface area (Å²) in [6.07, 6.45) is 2.60. The molecule has 1 saturated carbocycles. The summed E-state index contributed by atoms with van der Waals surface area (Å²) in [7, 11) is -1.48. The Morgan fingerprint density at radius 3 is 2.79 bits per heavy atom. The fourth-order valence-corrected chi connectivity index (χ4v) is 6.93. The number of fused-ring (bicyclic) bond motifs is 3. The Bertz CT molecular complexity index is 1380. The summed E-state index contributed by atoms with van der Waals surface area (Å²) in [5.74, 6) is -0.452. The van der Waals surface area contributed by atoms with E-state index in [1.54, 1.807) is 13.1 Å². The zero-order valence-electron chi connectivity index (χ0n) is 21.7. The molecule has 5 rings (SSSR count). The molecule has 38 heavy (non-hydrogen) atoms. The van der Waals surface area contributed by atoms with Crippen LogP contribution in [0, 0.1) is 11.7 Å². The Hall–Kier alpha value is -3.18. The van der Waals surface area contributed by atoms with Gasteiger partial charge in [0.2, 0.25) is 5.91 Å². The van der Waals surface area contributed by atoms with Gasteiger partial charge in [-0.15, -0.1) is 0 Å². The lowest BCUT2D eigenvalue weighted by Crippen LogP contribution is -2.43. The minimum Gasteiger partial charge on any atom is -0.492 e. The summed E-state index contributed by atoms with van der Waals surface area (Å²) >= 11 is 0. The molecule has 2 unspecified atom stereocenters. The fraction of sp³-hybridized carbons (Fsp3) is 0.481. The molecule has 1 saturated heterocycles. The average molecular weight is 546 g/mol. The fourth-order valence-electron chi connectivity index (χ4n) is 5.64. The van der Waals surface area contributed by atoms with Crippen molar-refractivity contribution in [3.8, 4) is 5.75 Å². The standard InChI is InChI=1S/C27H32FN3O6S/c1-4-31-11-5-6-22(31)26(32)30(2)14-16-12-18(28)7-10-23(16)38(34,35)29-21-9-8-19-20-13-17(20)15-37-25(19)24(21)27(33)36-3/h7-10,12,17,20,22,29H,4-6,11,13-15H2,1-3H3/t17?,20?,22-/m0/s1. The highest BCUT2D eigenvalue weighted by Gasteiger charge is 2.45. The number of methoxy groups -OCH3 is 1. The predicted molar refractivity (Wildman–Crippen MR) is 138 cm³/mol. The summed E-state index contributed by atoms with van der Waals surface area (Å²) in [5, 5.41) is 0. The van der Waals surface area contributed by atoms with Crippen LogP contribution in [0.5, 0.6) is 5.75 Å². The molecule has 1 N–H and O–H groups in total. The van der Waals surface area contributed by atoms with E-state index in [9.17, 15) is 22.4 Å². The second kappa shape index (κ2) is 10.2. The topological polar surface area (TPSA) is 105 Å². The van der Waals surface area contributed by atoms with Gasteiger partial charge in [-0.1, -0.05) is 13.0 Å². The molecule has 204 valence electrons. The molecule has 11 heteroatoms. The van der Waals surface area contributed by atoms with Gasteiger partial charge in [0.05, 0.1) is 30.3 Å². The van der Waals surface area contributed by atoms with E-state index in [2.05, 4.69) is 9.62 Å². The number of nitrogens with one attached hydrogen (secondary N) is 1. The number of ether oxygens (including phenoxy) is 2. The number of hydrogen-bond donors (Lipinski definition) is 1. The molecule has 2 aromatic rings. The summed E-state index contributed by atoms with van der Waals surface area (Å²) in [4.78, 5) is 29.2. The minimum atomic E-state index is -4.29. The second-order valence-corrected chi connectivity index (χ2v) is 11.8. The lowest BCUT2D eigenvalue weighted by Gasteiger charge is -2.27. The first-order chi connectivity index (χ1) is 18.1. The van der Waals surface area contributed by atoms with Crippen molar-refractivity contribution < 1.29 is 31.9 Å². The monoisotopic (exact) mass is 545 g/mol. The first-order valence-corrected chi connectivity index (χ1v) is 14.3. The molecular weight excluding hydrogens is 513 g/mol. The average Bonchev–Trinajstić information content (AvgIpc) is 3.54. The van der Waals surface area contributed by atoms with Gasteiger partial charge in [-0.05, 0) is 73.7 Å². The summed E-state index contributed by atoms with van der Waals surface area (Å²) in [5.41, 5.74) is 1.01. The maximum absolute atomic E-state index is 14.3. The van der Waals surface area contributed by atoms with Crippen LogP contribution in [0.25, 0.3) is 0 Å². The van der Waals surface area contributed by atoms with Crippen LogP contribution in [0.4, 0.5) is 10.1 Å². The molecule has 1 aliphatic carbocycles. The van der Waals surface area contributed by atoms with Crippen LogP contribution in [-0.4, -0.2) is 70.0 Å². The van der Waals surface area contributed by atoms with Gasteiger partial charge in [-0.2, -0.15) is 0 Å². The van der Waals surface area contributed by atoms with E-state index in [4.69, 9.17) is 9.47 Å². The summed E-state index contributed by atoms with van der Waals surface area (Å²) < 4.78 is 54.8. The minimum absolute atomic E-state index is 0.00997. The molecule has 3 aliphatic rings. The third kappa shape index (κ3) is 4.84. The molecule has 0 spiro atoms. The number of benzene rings is 2. The van der Waals surface area contributed by atoms with Crippen LogP contribution in [0.1, 0.15) is 53.6 Å². The van der Waals surface area contributed by atoms with Crippen LogP contribution < -0.4 is 9.46 Å². The third-order valence-electron chi connectivity index (χ3n) is 7.74. The number of likely N-dealkylation sites (N-methyl/N-ethyl adjacent to an activating group) is 2. The van der Waals surface area contributed by atoms with Crippen molar-refractivity contribution in [2.24, 2.45) is 5.92 Å². The number of nitrogens with zero attached hydrogens (tertiary/aromatic N) is 2. The number of rotatable bonds is 8. The van der Waals surface area contributed by atoms with Crippen molar-refractivity contribution in [1.29, 1.82) is 0 Å². The molecular formula is C27H32FN3O6S. The summed E-state index contributed by atoms with van der Waals surface area (Å²) in [6, 6.07) is 6.37. The summed E-state index contributed by atoms with van der Waals surface area (Å²) in [6.45, 7) is 3.92. The Labute approximate surface area is 221 Å². The highest BCUT2D eigenvalue weighted by molar-refractivity contribution is 7.92. The number of hydrogen-bond acceptors (Lipinski definition) is 7. The predicted octanol–water partition coefficient (Wildman–Crippen LogP) is 3.35. The Morgan fingerprint density at radius 2 is 2.05 bits per heavy atom. The van der Waals surface area contributed by atoms with E-state index in [0.29, 0.717) is 18.3 Å². The zero-order chi connectivity index (χ0) is 27.2. The maximum atomic E-state index is 14.3. The van der Waals surface area contributed by atoms with Crippen LogP contribution in [0.15, 0.2) is 35.2 Å². The van der Waals surface area contributed by atoms with Gasteiger partial charge in [0.1, 0.15) is 17.1 Å². The van der Waals surface area contributed by atoms with Crippen molar-refractivity contribution in [1.82, 2.24) is 9.80 Å². The maximum Gasteiger partial charge on any atom is 0.343 e. The number of carbonyl (C=O) groups is 2. The Kier molecular flexibility index (Phi) is 7.08.